The van der Waals surface area contributed by atoms with Gasteiger partial charge in [0, 0.05) is 11.4 Å². The van der Waals surface area contributed by atoms with Gasteiger partial charge in [0.15, 0.2) is 6.04 Å². The molecular weight excluding hydrogens is 340 g/mol. The quantitative estimate of drug-likeness (QED) is 0.556. The van der Waals surface area contributed by atoms with Crippen molar-refractivity contribution in [1.82, 2.24) is 0 Å². The van der Waals surface area contributed by atoms with E-state index in [9.17, 15) is 9.59 Å². The van der Waals surface area contributed by atoms with Gasteiger partial charge in [-0.25, -0.2) is 4.79 Å². The number of rotatable bonds is 8. The Hall–Kier alpha value is -1.59. The van der Waals surface area contributed by atoms with Crippen molar-refractivity contribution in [3.8, 4) is 0 Å². The maximum atomic E-state index is 13.1. The van der Waals surface area contributed by atoms with Gasteiger partial charge in [-0.15, -0.1) is 0 Å². The third-order valence-electron chi connectivity index (χ3n) is 5.19. The van der Waals surface area contributed by atoms with E-state index in [1.807, 2.05) is 13.8 Å². The van der Waals surface area contributed by atoms with Crippen LogP contribution >= 0.6 is 11.6 Å². The van der Waals surface area contributed by atoms with E-state index < -0.39 is 5.97 Å². The molecule has 5 nitrogen and oxygen atoms in total. The minimum absolute atomic E-state index is 0.0800. The van der Waals surface area contributed by atoms with Gasteiger partial charge >= 0.3 is 5.97 Å². The van der Waals surface area contributed by atoms with Crippen LogP contribution in [-0.2, 0) is 9.53 Å². The Morgan fingerprint density at radius 3 is 2.16 bits per heavy atom. The molecule has 0 fully saturated rings. The first-order valence-corrected chi connectivity index (χ1v) is 9.22. The minimum atomic E-state index is -0.517. The summed E-state index contributed by atoms with van der Waals surface area (Å²) in [6, 6.07) is 3.07. The summed E-state index contributed by atoms with van der Waals surface area (Å²) in [5.41, 5.74) is 1.48. The van der Waals surface area contributed by atoms with E-state index in [2.05, 4.69) is 26.1 Å². The lowest BCUT2D eigenvalue weighted by Gasteiger charge is -2.41. The number of hydrogen-bond acceptors (Lipinski definition) is 3. The van der Waals surface area contributed by atoms with Crippen LogP contribution in [0.2, 0.25) is 5.02 Å². The molecule has 0 aliphatic heterocycles. The van der Waals surface area contributed by atoms with E-state index in [-0.39, 0.29) is 17.5 Å². The SMILES string of the molecule is CCC(C(=O)Nc1c(C)cc(Cl)cc1C(=O)OC)[N+](CC)(CC)CC. The van der Waals surface area contributed by atoms with Gasteiger partial charge in [0.1, 0.15) is 0 Å². The van der Waals surface area contributed by atoms with Crippen molar-refractivity contribution in [3.63, 3.8) is 0 Å². The molecule has 1 amide bonds. The molecule has 1 aromatic rings. The molecule has 1 rings (SSSR count). The predicted molar refractivity (Wildman–Crippen MR) is 102 cm³/mol. The summed E-state index contributed by atoms with van der Waals surface area (Å²) in [6.07, 6.45) is 0.724. The highest BCUT2D eigenvalue weighted by atomic mass is 35.5. The van der Waals surface area contributed by atoms with Crippen LogP contribution in [0.1, 0.15) is 50.0 Å². The number of hydrogen-bond donors (Lipinski definition) is 1. The molecule has 6 heteroatoms. The molecule has 1 unspecified atom stereocenters. The Balaban J connectivity index is 3.28. The fourth-order valence-corrected chi connectivity index (χ4v) is 3.81. The Bertz CT molecular complexity index is 619. The highest BCUT2D eigenvalue weighted by Gasteiger charge is 2.37. The van der Waals surface area contributed by atoms with Crippen molar-refractivity contribution in [2.24, 2.45) is 0 Å². The Morgan fingerprint density at radius 1 is 1.16 bits per heavy atom. The summed E-state index contributed by atoms with van der Waals surface area (Å²) < 4.78 is 5.54. The molecule has 0 aliphatic rings. The van der Waals surface area contributed by atoms with E-state index in [0.29, 0.717) is 15.2 Å². The number of ether oxygens (including phenoxy) is 1. The summed E-state index contributed by atoms with van der Waals surface area (Å²) in [7, 11) is 1.31. The first-order valence-electron chi connectivity index (χ1n) is 8.85. The number of quaternary nitrogens is 1. The topological polar surface area (TPSA) is 55.4 Å². The molecule has 1 atom stereocenters. The van der Waals surface area contributed by atoms with Crippen LogP contribution in [0, 0.1) is 6.92 Å². The highest BCUT2D eigenvalue weighted by Crippen LogP contribution is 2.28. The number of likely N-dealkylation sites (N-methyl/N-ethyl adjacent to an activating group) is 1. The minimum Gasteiger partial charge on any atom is -0.465 e. The number of methoxy groups -OCH3 is 1. The second-order valence-corrected chi connectivity index (χ2v) is 6.65. The van der Waals surface area contributed by atoms with Gasteiger partial charge in [-0.3, -0.25) is 4.79 Å². The normalized spacial score (nSPS) is 12.6. The molecule has 0 saturated heterocycles. The van der Waals surface area contributed by atoms with Crippen molar-refractivity contribution in [2.75, 3.05) is 32.1 Å². The van der Waals surface area contributed by atoms with E-state index in [1.165, 1.54) is 13.2 Å². The number of halogens is 1. The van der Waals surface area contributed by atoms with E-state index in [0.717, 1.165) is 31.6 Å². The number of anilines is 1. The summed E-state index contributed by atoms with van der Waals surface area (Å²) in [5, 5.41) is 3.40. The standard InChI is InChI=1S/C19H29ClN2O3/c1-7-16(22(8-2,9-3)10-4)18(23)21-17-13(5)11-14(20)12-15(17)19(24)25-6/h11-12,16H,7-10H2,1-6H3/p+1. The van der Waals surface area contributed by atoms with Crippen molar-refractivity contribution in [1.29, 1.82) is 0 Å². The number of aryl methyl sites for hydroxylation is 1. The van der Waals surface area contributed by atoms with Crippen molar-refractivity contribution in [3.05, 3.63) is 28.3 Å². The fourth-order valence-electron chi connectivity index (χ4n) is 3.54. The molecule has 1 N–H and O–H groups in total. The summed E-state index contributed by atoms with van der Waals surface area (Å²) in [5.74, 6) is -0.597. The van der Waals surface area contributed by atoms with Crippen LogP contribution in [0.25, 0.3) is 0 Å². The van der Waals surface area contributed by atoms with Gasteiger partial charge in [-0.2, -0.15) is 0 Å². The molecule has 0 radical (unpaired) electrons. The van der Waals surface area contributed by atoms with E-state index >= 15 is 0 Å². The molecule has 0 spiro atoms. The van der Waals surface area contributed by atoms with Crippen molar-refractivity contribution >= 4 is 29.2 Å². The van der Waals surface area contributed by atoms with E-state index in [1.54, 1.807) is 6.07 Å². The average molecular weight is 370 g/mol. The van der Waals surface area contributed by atoms with Crippen molar-refractivity contribution < 1.29 is 18.8 Å². The lowest BCUT2D eigenvalue weighted by molar-refractivity contribution is -0.938. The molecule has 0 saturated carbocycles. The largest absolute Gasteiger partial charge is 0.465 e. The molecule has 0 aromatic heterocycles. The average Bonchev–Trinajstić information content (AvgIpc) is 2.60. The molecule has 140 valence electrons. The summed E-state index contributed by atoms with van der Waals surface area (Å²) >= 11 is 6.07. The second kappa shape index (κ2) is 9.20. The Kier molecular flexibility index (Phi) is 7.90. The molecule has 0 bridgehead atoms. The molecule has 0 heterocycles. The van der Waals surface area contributed by atoms with Gasteiger partial charge in [-0.05, 0) is 45.4 Å². The van der Waals surface area contributed by atoms with Crippen LogP contribution in [0.5, 0.6) is 0 Å². The van der Waals surface area contributed by atoms with Crippen LogP contribution < -0.4 is 5.32 Å². The number of carbonyl (C=O) groups is 2. The van der Waals surface area contributed by atoms with Crippen LogP contribution in [0.4, 0.5) is 5.69 Å². The van der Waals surface area contributed by atoms with Gasteiger partial charge < -0.3 is 14.5 Å². The maximum Gasteiger partial charge on any atom is 0.340 e. The van der Waals surface area contributed by atoms with E-state index in [4.69, 9.17) is 16.3 Å². The Labute approximate surface area is 155 Å². The first kappa shape index (κ1) is 21.5. The van der Waals surface area contributed by atoms with Gasteiger partial charge in [0.2, 0.25) is 0 Å². The third kappa shape index (κ3) is 4.53. The number of carbonyl (C=O) groups excluding carboxylic acids is 2. The number of nitrogens with zero attached hydrogens (tertiary/aromatic N) is 1. The summed E-state index contributed by atoms with van der Waals surface area (Å²) in [6.45, 7) is 12.8. The Morgan fingerprint density at radius 2 is 1.72 bits per heavy atom. The van der Waals surface area contributed by atoms with Gasteiger partial charge in [0.05, 0.1) is 38.0 Å². The molecule has 25 heavy (non-hydrogen) atoms. The smallest absolute Gasteiger partial charge is 0.340 e. The fraction of sp³-hybridized carbons (Fsp3) is 0.579. The van der Waals surface area contributed by atoms with Gasteiger partial charge in [0.25, 0.3) is 5.91 Å². The number of nitrogens with one attached hydrogen (secondary N) is 1. The summed E-state index contributed by atoms with van der Waals surface area (Å²) in [4.78, 5) is 25.1. The number of benzene rings is 1. The predicted octanol–water partition coefficient (Wildman–Crippen LogP) is 4.03. The van der Waals surface area contributed by atoms with Crippen molar-refractivity contribution in [2.45, 2.75) is 47.1 Å². The first-order chi connectivity index (χ1) is 11.8. The zero-order valence-corrected chi connectivity index (χ0v) is 16.9. The zero-order chi connectivity index (χ0) is 19.2. The van der Waals surface area contributed by atoms with Gasteiger partial charge in [-0.1, -0.05) is 18.5 Å². The van der Waals surface area contributed by atoms with Crippen LogP contribution in [0.3, 0.4) is 0 Å². The zero-order valence-electron chi connectivity index (χ0n) is 16.1. The molecular formula is C19H30ClN2O3+. The lowest BCUT2D eigenvalue weighted by atomic mass is 10.0. The number of esters is 1. The lowest BCUT2D eigenvalue weighted by Crippen LogP contribution is -2.59. The van der Waals surface area contributed by atoms with Crippen LogP contribution in [0.15, 0.2) is 12.1 Å². The highest BCUT2D eigenvalue weighted by molar-refractivity contribution is 6.31. The maximum absolute atomic E-state index is 13.1. The van der Waals surface area contributed by atoms with Crippen LogP contribution in [-0.4, -0.2) is 49.1 Å². The molecule has 0 aliphatic carbocycles. The second-order valence-electron chi connectivity index (χ2n) is 6.22. The molecule has 1 aromatic carbocycles. The third-order valence-corrected chi connectivity index (χ3v) is 5.41. The number of amides is 1. The monoisotopic (exact) mass is 369 g/mol.